The van der Waals surface area contributed by atoms with Crippen LogP contribution in [0.2, 0.25) is 0 Å². The molecule has 0 aliphatic heterocycles. The van der Waals surface area contributed by atoms with Crippen molar-refractivity contribution in [2.24, 2.45) is 11.7 Å². The van der Waals surface area contributed by atoms with Gasteiger partial charge in [-0.3, -0.25) is 4.68 Å². The molecule has 0 aromatic carbocycles. The molecule has 1 aliphatic rings. The number of hydrogen-bond acceptors (Lipinski definition) is 3. The Balaban J connectivity index is 2.24. The van der Waals surface area contributed by atoms with Gasteiger partial charge in [0, 0.05) is 13.0 Å². The number of aromatic nitrogens is 2. The monoisotopic (exact) mass is 329 g/mol. The lowest BCUT2D eigenvalue weighted by molar-refractivity contribution is 0.181. The molecule has 1 aromatic rings. The maximum Gasteiger partial charge on any atom is 0.0658 e. The average Bonchev–Trinajstić information content (AvgIpc) is 2.64. The molecule has 2 rings (SSSR count). The van der Waals surface area contributed by atoms with Crippen LogP contribution in [0.15, 0.2) is 10.7 Å². The average molecular weight is 330 g/mol. The van der Waals surface area contributed by atoms with E-state index in [0.29, 0.717) is 18.4 Å². The van der Waals surface area contributed by atoms with E-state index < -0.39 is 0 Å². The highest BCUT2D eigenvalue weighted by Gasteiger charge is 2.28. The number of ether oxygens (including phenoxy) is 1. The van der Waals surface area contributed by atoms with Crippen LogP contribution >= 0.6 is 15.9 Å². The Kier molecular flexibility index (Phi) is 5.85. The van der Waals surface area contributed by atoms with Crippen molar-refractivity contribution in [3.05, 3.63) is 16.4 Å². The second-order valence-corrected chi connectivity index (χ2v) is 6.19. The third-order valence-corrected chi connectivity index (χ3v) is 4.76. The van der Waals surface area contributed by atoms with Crippen LogP contribution in [-0.4, -0.2) is 30.0 Å². The van der Waals surface area contributed by atoms with Crippen LogP contribution in [0.3, 0.4) is 0 Å². The van der Waals surface area contributed by atoms with Crippen molar-refractivity contribution in [3.8, 4) is 0 Å². The first-order chi connectivity index (χ1) is 9.27. The topological polar surface area (TPSA) is 53.1 Å². The normalized spacial score (nSPS) is 24.4. The number of halogens is 1. The first-order valence-corrected chi connectivity index (χ1v) is 7.97. The van der Waals surface area contributed by atoms with Gasteiger partial charge in [0.25, 0.3) is 0 Å². The van der Waals surface area contributed by atoms with E-state index in [1.54, 1.807) is 7.11 Å². The van der Waals surface area contributed by atoms with Crippen LogP contribution in [0.4, 0.5) is 0 Å². The molecule has 1 aliphatic carbocycles. The van der Waals surface area contributed by atoms with Crippen molar-refractivity contribution < 1.29 is 4.74 Å². The molecule has 108 valence electrons. The minimum absolute atomic E-state index is 0.529. The summed E-state index contributed by atoms with van der Waals surface area (Å²) in [5, 5.41) is 4.48. The number of rotatable bonds is 5. The molecule has 0 amide bonds. The Hall–Kier alpha value is -0.390. The van der Waals surface area contributed by atoms with Crippen LogP contribution in [0.5, 0.6) is 0 Å². The van der Waals surface area contributed by atoms with Gasteiger partial charge in [-0.05, 0) is 41.2 Å². The van der Waals surface area contributed by atoms with Crippen LogP contribution in [0.25, 0.3) is 0 Å². The lowest BCUT2D eigenvalue weighted by Gasteiger charge is -2.25. The van der Waals surface area contributed by atoms with Crippen molar-refractivity contribution in [3.63, 3.8) is 0 Å². The maximum absolute atomic E-state index is 6.00. The third-order valence-electron chi connectivity index (χ3n) is 4.15. The summed E-state index contributed by atoms with van der Waals surface area (Å²) in [6, 6.07) is 0. The van der Waals surface area contributed by atoms with E-state index in [4.69, 9.17) is 10.5 Å². The summed E-state index contributed by atoms with van der Waals surface area (Å²) in [6.07, 6.45) is 8.30. The van der Waals surface area contributed by atoms with E-state index in [-0.39, 0.29) is 0 Å². The summed E-state index contributed by atoms with van der Waals surface area (Å²) in [4.78, 5) is 0. The van der Waals surface area contributed by atoms with E-state index in [9.17, 15) is 0 Å². The molecule has 0 bridgehead atoms. The SMILES string of the molecule is COCCn1ncc(Br)c1C1CCCCCC1CN. The third kappa shape index (κ3) is 3.58. The number of hydrogen-bond donors (Lipinski definition) is 1. The molecule has 0 saturated heterocycles. The van der Waals surface area contributed by atoms with Crippen LogP contribution in [0, 0.1) is 5.92 Å². The van der Waals surface area contributed by atoms with Gasteiger partial charge in [-0.25, -0.2) is 0 Å². The van der Waals surface area contributed by atoms with E-state index in [1.165, 1.54) is 37.8 Å². The first-order valence-electron chi connectivity index (χ1n) is 7.18. The molecule has 5 heteroatoms. The Labute approximate surface area is 123 Å². The molecule has 2 N–H and O–H groups in total. The van der Waals surface area contributed by atoms with E-state index in [2.05, 4.69) is 25.7 Å². The zero-order valence-electron chi connectivity index (χ0n) is 11.6. The smallest absolute Gasteiger partial charge is 0.0658 e. The Morgan fingerprint density at radius 2 is 2.21 bits per heavy atom. The van der Waals surface area contributed by atoms with Gasteiger partial charge < -0.3 is 10.5 Å². The molecular weight excluding hydrogens is 306 g/mol. The van der Waals surface area contributed by atoms with E-state index in [0.717, 1.165) is 17.6 Å². The molecule has 19 heavy (non-hydrogen) atoms. The molecule has 1 fully saturated rings. The van der Waals surface area contributed by atoms with Crippen LogP contribution < -0.4 is 5.73 Å². The highest BCUT2D eigenvalue weighted by Crippen LogP contribution is 2.39. The molecule has 0 radical (unpaired) electrons. The first kappa shape index (κ1) is 15.0. The number of nitrogens with zero attached hydrogens (tertiary/aromatic N) is 2. The van der Waals surface area contributed by atoms with Gasteiger partial charge in [-0.2, -0.15) is 5.10 Å². The predicted molar refractivity (Wildman–Crippen MR) is 80.2 cm³/mol. The summed E-state index contributed by atoms with van der Waals surface area (Å²) < 4.78 is 8.38. The van der Waals surface area contributed by atoms with Crippen molar-refractivity contribution in [2.75, 3.05) is 20.3 Å². The van der Waals surface area contributed by atoms with Gasteiger partial charge in [-0.15, -0.1) is 0 Å². The fraction of sp³-hybridized carbons (Fsp3) is 0.786. The summed E-state index contributed by atoms with van der Waals surface area (Å²) in [6.45, 7) is 2.28. The molecule has 1 heterocycles. The van der Waals surface area contributed by atoms with Gasteiger partial charge in [0.1, 0.15) is 0 Å². The lowest BCUT2D eigenvalue weighted by Crippen LogP contribution is -2.24. The zero-order chi connectivity index (χ0) is 13.7. The summed E-state index contributed by atoms with van der Waals surface area (Å²) in [7, 11) is 1.73. The lowest BCUT2D eigenvalue weighted by atomic mass is 9.85. The standard InChI is InChI=1S/C14H24BrN3O/c1-19-8-7-18-14(13(15)10-17-18)12-6-4-2-3-5-11(12)9-16/h10-12H,2-9,16H2,1H3. The zero-order valence-corrected chi connectivity index (χ0v) is 13.2. The van der Waals surface area contributed by atoms with Crippen molar-refractivity contribution in [1.29, 1.82) is 0 Å². The molecule has 4 nitrogen and oxygen atoms in total. The summed E-state index contributed by atoms with van der Waals surface area (Å²) in [5.74, 6) is 1.11. The van der Waals surface area contributed by atoms with Gasteiger partial charge in [0.15, 0.2) is 0 Å². The summed E-state index contributed by atoms with van der Waals surface area (Å²) >= 11 is 3.66. The van der Waals surface area contributed by atoms with Crippen molar-refractivity contribution >= 4 is 15.9 Å². The minimum atomic E-state index is 0.529. The molecule has 2 unspecified atom stereocenters. The molecular formula is C14H24BrN3O. The molecule has 2 atom stereocenters. The second-order valence-electron chi connectivity index (χ2n) is 5.33. The number of nitrogens with two attached hydrogens (primary N) is 1. The Morgan fingerprint density at radius 3 is 2.95 bits per heavy atom. The largest absolute Gasteiger partial charge is 0.383 e. The number of methoxy groups -OCH3 is 1. The minimum Gasteiger partial charge on any atom is -0.383 e. The van der Waals surface area contributed by atoms with Crippen molar-refractivity contribution in [1.82, 2.24) is 9.78 Å². The Bertz CT molecular complexity index is 394. The second kappa shape index (κ2) is 7.41. The fourth-order valence-corrected chi connectivity index (χ4v) is 3.71. The van der Waals surface area contributed by atoms with Gasteiger partial charge >= 0.3 is 0 Å². The molecule has 1 aromatic heterocycles. The van der Waals surface area contributed by atoms with Gasteiger partial charge in [-0.1, -0.05) is 19.3 Å². The Morgan fingerprint density at radius 1 is 1.42 bits per heavy atom. The highest BCUT2D eigenvalue weighted by molar-refractivity contribution is 9.10. The fourth-order valence-electron chi connectivity index (χ4n) is 3.12. The predicted octanol–water partition coefficient (Wildman–Crippen LogP) is 2.91. The quantitative estimate of drug-likeness (QED) is 0.845. The highest BCUT2D eigenvalue weighted by atomic mass is 79.9. The van der Waals surface area contributed by atoms with Gasteiger partial charge in [0.05, 0.1) is 29.5 Å². The molecule has 1 saturated carbocycles. The van der Waals surface area contributed by atoms with Crippen LogP contribution in [0.1, 0.15) is 43.7 Å². The maximum atomic E-state index is 6.00. The molecule has 0 spiro atoms. The van der Waals surface area contributed by atoms with Crippen molar-refractivity contribution in [2.45, 2.75) is 44.6 Å². The van der Waals surface area contributed by atoms with E-state index in [1.807, 2.05) is 6.20 Å². The van der Waals surface area contributed by atoms with E-state index >= 15 is 0 Å². The van der Waals surface area contributed by atoms with Gasteiger partial charge in [0.2, 0.25) is 0 Å². The summed E-state index contributed by atoms with van der Waals surface area (Å²) in [5.41, 5.74) is 7.31. The van der Waals surface area contributed by atoms with Crippen LogP contribution in [-0.2, 0) is 11.3 Å².